The van der Waals surface area contributed by atoms with Gasteiger partial charge in [-0.2, -0.15) is 0 Å². The normalized spacial score (nSPS) is 20.5. The van der Waals surface area contributed by atoms with E-state index in [-0.39, 0.29) is 23.8 Å². The van der Waals surface area contributed by atoms with E-state index in [0.717, 1.165) is 5.56 Å². The standard InChI is InChI=1S/C32H40N2O10/c1-7-22-13-14-33-25(27(22)41-17-42-29(36)18(2)3)28(35)34-24-16-40-31(38)23(15-21-11-9-8-10-12-21)26(20(6)43-32(24)39)44-30(37)19(4)5/h8-14,18-20,23-24,26H,7,15-17H2,1-6H3,(H,34,35)/t20-,23+,24-,26-/m0/s1. The molecule has 12 nitrogen and oxygen atoms in total. The van der Waals surface area contributed by atoms with E-state index < -0.39 is 73.3 Å². The predicted octanol–water partition coefficient (Wildman–Crippen LogP) is 3.19. The minimum atomic E-state index is -1.41. The summed E-state index contributed by atoms with van der Waals surface area (Å²) in [5.41, 5.74) is 1.24. The molecule has 1 aliphatic heterocycles. The molecule has 1 aliphatic rings. The molecule has 0 radical (unpaired) electrons. The lowest BCUT2D eigenvalue weighted by molar-refractivity contribution is -0.176. The monoisotopic (exact) mass is 612 g/mol. The van der Waals surface area contributed by atoms with Gasteiger partial charge in [-0.05, 0) is 37.0 Å². The van der Waals surface area contributed by atoms with Crippen molar-refractivity contribution in [2.45, 2.75) is 72.6 Å². The summed E-state index contributed by atoms with van der Waals surface area (Å²) < 4.78 is 27.6. The van der Waals surface area contributed by atoms with Crippen LogP contribution in [0, 0.1) is 17.8 Å². The van der Waals surface area contributed by atoms with Crippen molar-refractivity contribution in [3.05, 3.63) is 59.4 Å². The first kappa shape index (κ1) is 34.0. The molecule has 1 amide bonds. The Morgan fingerprint density at radius 3 is 2.32 bits per heavy atom. The van der Waals surface area contributed by atoms with Gasteiger partial charge in [-0.3, -0.25) is 19.2 Å². The molecule has 0 saturated carbocycles. The van der Waals surface area contributed by atoms with Gasteiger partial charge in [0.25, 0.3) is 5.91 Å². The number of esters is 4. The van der Waals surface area contributed by atoms with Crippen molar-refractivity contribution >= 4 is 29.8 Å². The first-order valence-electron chi connectivity index (χ1n) is 14.6. The van der Waals surface area contributed by atoms with Gasteiger partial charge in [0.2, 0.25) is 6.79 Å². The number of nitrogens with zero attached hydrogens (tertiary/aromatic N) is 1. The molecule has 1 saturated heterocycles. The molecule has 3 rings (SSSR count). The third-order valence-electron chi connectivity index (χ3n) is 6.93. The largest absolute Gasteiger partial charge is 0.463 e. The minimum absolute atomic E-state index is 0.0782. The highest BCUT2D eigenvalue weighted by Gasteiger charge is 2.42. The molecular formula is C32H40N2O10. The van der Waals surface area contributed by atoms with Crippen LogP contribution in [-0.2, 0) is 51.0 Å². The van der Waals surface area contributed by atoms with E-state index in [1.807, 2.05) is 37.3 Å². The van der Waals surface area contributed by atoms with Crippen molar-refractivity contribution in [2.75, 3.05) is 13.4 Å². The fourth-order valence-electron chi connectivity index (χ4n) is 4.38. The van der Waals surface area contributed by atoms with Crippen LogP contribution in [0.5, 0.6) is 5.75 Å². The van der Waals surface area contributed by atoms with Crippen molar-refractivity contribution in [3.63, 3.8) is 0 Å². The Bertz CT molecular complexity index is 1330. The SMILES string of the molecule is CCc1ccnc(C(=O)N[C@H]2COC(=O)[C@H](Cc3ccccc3)[C@@H](OC(=O)C(C)C)[C@H](C)OC2=O)c1OCOC(=O)C(C)C. The molecule has 0 spiro atoms. The van der Waals surface area contributed by atoms with Crippen molar-refractivity contribution in [1.82, 2.24) is 10.3 Å². The molecule has 0 bridgehead atoms. The Hall–Kier alpha value is -4.48. The number of aryl methyl sites for hydroxylation is 1. The number of aromatic nitrogens is 1. The number of carbonyl (C=O) groups is 5. The summed E-state index contributed by atoms with van der Waals surface area (Å²) in [7, 11) is 0. The molecule has 12 heteroatoms. The summed E-state index contributed by atoms with van der Waals surface area (Å²) in [6, 6.07) is 9.34. The predicted molar refractivity (Wildman–Crippen MR) is 156 cm³/mol. The first-order valence-corrected chi connectivity index (χ1v) is 14.6. The van der Waals surface area contributed by atoms with Crippen LogP contribution in [0.2, 0.25) is 0 Å². The molecule has 2 heterocycles. The van der Waals surface area contributed by atoms with Crippen LogP contribution in [0.4, 0.5) is 0 Å². The van der Waals surface area contributed by atoms with Crippen LogP contribution in [0.1, 0.15) is 63.2 Å². The van der Waals surface area contributed by atoms with Crippen LogP contribution in [0.3, 0.4) is 0 Å². The highest BCUT2D eigenvalue weighted by Crippen LogP contribution is 2.26. The fourth-order valence-corrected chi connectivity index (χ4v) is 4.38. The second-order valence-electron chi connectivity index (χ2n) is 11.0. The van der Waals surface area contributed by atoms with Crippen LogP contribution >= 0.6 is 0 Å². The van der Waals surface area contributed by atoms with Gasteiger partial charge in [-0.1, -0.05) is 65.0 Å². The maximum Gasteiger partial charge on any atom is 0.332 e. The van der Waals surface area contributed by atoms with Gasteiger partial charge in [0, 0.05) is 6.20 Å². The summed E-state index contributed by atoms with van der Waals surface area (Å²) >= 11 is 0. The van der Waals surface area contributed by atoms with E-state index in [0.29, 0.717) is 12.0 Å². The zero-order valence-corrected chi connectivity index (χ0v) is 25.9. The van der Waals surface area contributed by atoms with Crippen molar-refractivity contribution in [3.8, 4) is 5.75 Å². The summed E-state index contributed by atoms with van der Waals surface area (Å²) in [5, 5.41) is 2.52. The van der Waals surface area contributed by atoms with Crippen LogP contribution in [0.15, 0.2) is 42.6 Å². The smallest absolute Gasteiger partial charge is 0.332 e. The Morgan fingerprint density at radius 2 is 1.68 bits per heavy atom. The van der Waals surface area contributed by atoms with Gasteiger partial charge >= 0.3 is 23.9 Å². The first-order chi connectivity index (χ1) is 20.9. The Kier molecular flexibility index (Phi) is 12.2. The topological polar surface area (TPSA) is 156 Å². The number of hydrogen-bond donors (Lipinski definition) is 1. The number of carbonyl (C=O) groups excluding carboxylic acids is 5. The lowest BCUT2D eigenvalue weighted by Crippen LogP contribution is -2.47. The lowest BCUT2D eigenvalue weighted by atomic mass is 9.91. The number of ether oxygens (including phenoxy) is 5. The highest BCUT2D eigenvalue weighted by molar-refractivity contribution is 5.98. The molecule has 2 aromatic rings. The number of nitrogens with one attached hydrogen (secondary N) is 1. The van der Waals surface area contributed by atoms with Crippen LogP contribution in [0.25, 0.3) is 0 Å². The molecule has 1 aromatic carbocycles. The van der Waals surface area contributed by atoms with E-state index >= 15 is 0 Å². The quantitative estimate of drug-likeness (QED) is 0.226. The second-order valence-corrected chi connectivity index (χ2v) is 11.0. The van der Waals surface area contributed by atoms with E-state index in [2.05, 4.69) is 10.3 Å². The van der Waals surface area contributed by atoms with E-state index in [9.17, 15) is 24.0 Å². The molecule has 1 N–H and O–H groups in total. The lowest BCUT2D eigenvalue weighted by Gasteiger charge is -2.29. The number of amides is 1. The van der Waals surface area contributed by atoms with E-state index in [4.69, 9.17) is 23.7 Å². The molecule has 238 valence electrons. The van der Waals surface area contributed by atoms with Gasteiger partial charge in [0.05, 0.1) is 11.8 Å². The van der Waals surface area contributed by atoms with E-state index in [1.54, 1.807) is 33.8 Å². The zero-order chi connectivity index (χ0) is 32.4. The Morgan fingerprint density at radius 1 is 1.00 bits per heavy atom. The summed E-state index contributed by atoms with van der Waals surface area (Å²) in [6.07, 6.45) is -0.167. The van der Waals surface area contributed by atoms with Gasteiger partial charge in [0.15, 0.2) is 23.6 Å². The molecular weight excluding hydrogens is 572 g/mol. The number of hydrogen-bond acceptors (Lipinski definition) is 11. The van der Waals surface area contributed by atoms with Gasteiger partial charge in [0.1, 0.15) is 18.6 Å². The fraction of sp³-hybridized carbons (Fsp3) is 0.500. The van der Waals surface area contributed by atoms with Gasteiger partial charge < -0.3 is 29.0 Å². The molecule has 0 unspecified atom stereocenters. The van der Waals surface area contributed by atoms with Crippen molar-refractivity contribution in [1.29, 1.82) is 0 Å². The van der Waals surface area contributed by atoms with Crippen molar-refractivity contribution < 1.29 is 47.7 Å². The molecule has 0 aliphatic carbocycles. The van der Waals surface area contributed by atoms with Crippen molar-refractivity contribution in [2.24, 2.45) is 17.8 Å². The third kappa shape index (κ3) is 9.01. The minimum Gasteiger partial charge on any atom is -0.463 e. The Labute approximate surface area is 256 Å². The van der Waals surface area contributed by atoms with E-state index in [1.165, 1.54) is 13.1 Å². The zero-order valence-electron chi connectivity index (χ0n) is 25.9. The molecule has 1 aromatic heterocycles. The number of rotatable bonds is 11. The maximum atomic E-state index is 13.4. The van der Waals surface area contributed by atoms with Crippen LogP contribution in [-0.4, -0.2) is 66.4 Å². The summed E-state index contributed by atoms with van der Waals surface area (Å²) in [4.78, 5) is 68.7. The highest BCUT2D eigenvalue weighted by atomic mass is 16.7. The second kappa shape index (κ2) is 15.8. The van der Waals surface area contributed by atoms with Crippen LogP contribution < -0.4 is 10.1 Å². The number of pyridine rings is 1. The molecule has 1 fully saturated rings. The van der Waals surface area contributed by atoms with Gasteiger partial charge in [-0.15, -0.1) is 0 Å². The number of benzene rings is 1. The summed E-state index contributed by atoms with van der Waals surface area (Å²) in [5.74, 6) is -5.26. The third-order valence-corrected chi connectivity index (χ3v) is 6.93. The number of cyclic esters (lactones) is 2. The maximum absolute atomic E-state index is 13.4. The average molecular weight is 613 g/mol. The summed E-state index contributed by atoms with van der Waals surface area (Å²) in [6.45, 7) is 9.02. The molecule has 44 heavy (non-hydrogen) atoms. The molecule has 4 atom stereocenters. The Balaban J connectivity index is 1.85. The average Bonchev–Trinajstić information content (AvgIpc) is 3.03. The van der Waals surface area contributed by atoms with Gasteiger partial charge in [-0.25, -0.2) is 9.78 Å².